The van der Waals surface area contributed by atoms with E-state index in [2.05, 4.69) is 23.7 Å². The molecule has 0 N–H and O–H groups in total. The standard InChI is InChI=1S/C20H26N4O2S/c1-4-11-24-19(16-7-5-6-8-17(16)26-3)21-22-20(24)27-14-18(25)23-12-9-15(2)10-13-23/h4-8,15H,1,9-14H2,2-3H3. The summed E-state index contributed by atoms with van der Waals surface area (Å²) in [7, 11) is 1.64. The number of allylic oxidation sites excluding steroid dienone is 1. The largest absolute Gasteiger partial charge is 0.496 e. The van der Waals surface area contributed by atoms with Gasteiger partial charge in [-0.25, -0.2) is 0 Å². The maximum Gasteiger partial charge on any atom is 0.233 e. The molecular weight excluding hydrogens is 360 g/mol. The summed E-state index contributed by atoms with van der Waals surface area (Å²) in [4.78, 5) is 14.5. The molecule has 1 aliphatic heterocycles. The molecule has 1 aliphatic rings. The number of benzene rings is 1. The molecule has 2 aromatic rings. The highest BCUT2D eigenvalue weighted by molar-refractivity contribution is 7.99. The molecule has 2 heterocycles. The summed E-state index contributed by atoms with van der Waals surface area (Å²) < 4.78 is 7.43. The van der Waals surface area contributed by atoms with Crippen molar-refractivity contribution < 1.29 is 9.53 Å². The Bertz CT molecular complexity index is 797. The number of hydrogen-bond donors (Lipinski definition) is 0. The van der Waals surface area contributed by atoms with Crippen molar-refractivity contribution in [2.45, 2.75) is 31.5 Å². The van der Waals surface area contributed by atoms with Gasteiger partial charge in [-0.1, -0.05) is 36.9 Å². The van der Waals surface area contributed by atoms with E-state index in [1.807, 2.05) is 33.7 Å². The number of thioether (sulfide) groups is 1. The second-order valence-corrected chi connectivity index (χ2v) is 7.70. The molecule has 0 radical (unpaired) electrons. The molecule has 0 unspecified atom stereocenters. The van der Waals surface area contributed by atoms with Gasteiger partial charge in [0.25, 0.3) is 0 Å². The van der Waals surface area contributed by atoms with Crippen molar-refractivity contribution in [2.24, 2.45) is 5.92 Å². The van der Waals surface area contributed by atoms with Gasteiger partial charge in [0.1, 0.15) is 5.75 Å². The summed E-state index contributed by atoms with van der Waals surface area (Å²) in [5.41, 5.74) is 0.873. The van der Waals surface area contributed by atoms with Crippen LogP contribution in [-0.2, 0) is 11.3 Å². The van der Waals surface area contributed by atoms with Crippen molar-refractivity contribution in [2.75, 3.05) is 26.0 Å². The number of carbonyl (C=O) groups excluding carboxylic acids is 1. The Hall–Kier alpha value is -2.28. The van der Waals surface area contributed by atoms with E-state index >= 15 is 0 Å². The number of amides is 1. The van der Waals surface area contributed by atoms with Crippen LogP contribution in [0.15, 0.2) is 42.1 Å². The lowest BCUT2D eigenvalue weighted by atomic mass is 9.99. The third kappa shape index (κ3) is 4.53. The zero-order chi connectivity index (χ0) is 19.2. The molecule has 0 atom stereocenters. The smallest absolute Gasteiger partial charge is 0.233 e. The first-order chi connectivity index (χ1) is 13.1. The SMILES string of the molecule is C=CCn1c(SCC(=O)N2CCC(C)CC2)nnc1-c1ccccc1OC. The molecule has 1 aromatic heterocycles. The van der Waals surface area contributed by atoms with Crippen LogP contribution in [-0.4, -0.2) is 51.5 Å². The lowest BCUT2D eigenvalue weighted by molar-refractivity contribution is -0.129. The number of hydrogen-bond acceptors (Lipinski definition) is 5. The molecule has 27 heavy (non-hydrogen) atoms. The molecule has 1 saturated heterocycles. The van der Waals surface area contributed by atoms with Crippen molar-refractivity contribution in [1.82, 2.24) is 19.7 Å². The second-order valence-electron chi connectivity index (χ2n) is 6.76. The van der Waals surface area contributed by atoms with Crippen LogP contribution in [0.3, 0.4) is 0 Å². The molecule has 0 aliphatic carbocycles. The van der Waals surface area contributed by atoms with Crippen molar-refractivity contribution in [1.29, 1.82) is 0 Å². The van der Waals surface area contributed by atoms with Crippen LogP contribution in [0.2, 0.25) is 0 Å². The minimum Gasteiger partial charge on any atom is -0.496 e. The maximum absolute atomic E-state index is 12.5. The highest BCUT2D eigenvalue weighted by atomic mass is 32.2. The summed E-state index contributed by atoms with van der Waals surface area (Å²) in [6, 6.07) is 7.72. The maximum atomic E-state index is 12.5. The fourth-order valence-corrected chi connectivity index (χ4v) is 4.04. The van der Waals surface area contributed by atoms with Gasteiger partial charge < -0.3 is 9.64 Å². The van der Waals surface area contributed by atoms with Gasteiger partial charge in [0.15, 0.2) is 11.0 Å². The monoisotopic (exact) mass is 386 g/mol. The number of carbonyl (C=O) groups is 1. The Labute approximate surface area is 164 Å². The summed E-state index contributed by atoms with van der Waals surface area (Å²) in [5.74, 6) is 2.70. The summed E-state index contributed by atoms with van der Waals surface area (Å²) in [6.45, 7) is 8.36. The third-order valence-corrected chi connectivity index (χ3v) is 5.79. The molecule has 1 fully saturated rings. The molecule has 144 valence electrons. The number of nitrogens with zero attached hydrogens (tertiary/aromatic N) is 4. The Morgan fingerprint density at radius 1 is 1.33 bits per heavy atom. The Kier molecular flexibility index (Phi) is 6.55. The quantitative estimate of drug-likeness (QED) is 0.538. The number of aromatic nitrogens is 3. The number of ether oxygens (including phenoxy) is 1. The summed E-state index contributed by atoms with van der Waals surface area (Å²) in [6.07, 6.45) is 3.97. The van der Waals surface area contributed by atoms with Crippen molar-refractivity contribution >= 4 is 17.7 Å². The fraction of sp³-hybridized carbons (Fsp3) is 0.450. The number of rotatable bonds is 7. The van der Waals surface area contributed by atoms with E-state index in [0.29, 0.717) is 24.0 Å². The number of para-hydroxylation sites is 1. The van der Waals surface area contributed by atoms with Gasteiger partial charge >= 0.3 is 0 Å². The van der Waals surface area contributed by atoms with Gasteiger partial charge in [-0.3, -0.25) is 9.36 Å². The first-order valence-corrected chi connectivity index (χ1v) is 10.2. The predicted octanol–water partition coefficient (Wildman–Crippen LogP) is 3.49. The Balaban J connectivity index is 1.75. The molecule has 6 nitrogen and oxygen atoms in total. The average Bonchev–Trinajstić information content (AvgIpc) is 3.09. The van der Waals surface area contributed by atoms with Gasteiger partial charge in [0.2, 0.25) is 5.91 Å². The lowest BCUT2D eigenvalue weighted by Crippen LogP contribution is -2.38. The van der Waals surface area contributed by atoms with Crippen molar-refractivity contribution in [3.63, 3.8) is 0 Å². The molecule has 0 saturated carbocycles. The molecule has 7 heteroatoms. The van der Waals surface area contributed by atoms with Gasteiger partial charge in [-0.15, -0.1) is 16.8 Å². The molecule has 1 amide bonds. The van der Waals surface area contributed by atoms with Crippen LogP contribution in [0, 0.1) is 5.92 Å². The van der Waals surface area contributed by atoms with E-state index < -0.39 is 0 Å². The van der Waals surface area contributed by atoms with Gasteiger partial charge in [0.05, 0.1) is 18.4 Å². The minimum atomic E-state index is 0.166. The van der Waals surface area contributed by atoms with Crippen LogP contribution < -0.4 is 4.74 Å². The molecule has 0 spiro atoms. The van der Waals surface area contributed by atoms with Crippen LogP contribution in [0.4, 0.5) is 0 Å². The number of methoxy groups -OCH3 is 1. The van der Waals surface area contributed by atoms with Gasteiger partial charge in [-0.2, -0.15) is 0 Å². The van der Waals surface area contributed by atoms with Crippen molar-refractivity contribution in [3.05, 3.63) is 36.9 Å². The molecule has 1 aromatic carbocycles. The number of piperidine rings is 1. The van der Waals surface area contributed by atoms with Crippen LogP contribution in [0.5, 0.6) is 5.75 Å². The van der Waals surface area contributed by atoms with E-state index in [9.17, 15) is 4.79 Å². The Morgan fingerprint density at radius 3 is 2.78 bits per heavy atom. The number of likely N-dealkylation sites (tertiary alicyclic amines) is 1. The zero-order valence-electron chi connectivity index (χ0n) is 15.9. The van der Waals surface area contributed by atoms with E-state index in [0.717, 1.165) is 42.4 Å². The first-order valence-electron chi connectivity index (χ1n) is 9.22. The lowest BCUT2D eigenvalue weighted by Gasteiger charge is -2.30. The Morgan fingerprint density at radius 2 is 2.07 bits per heavy atom. The van der Waals surface area contributed by atoms with Gasteiger partial charge in [-0.05, 0) is 30.9 Å². The van der Waals surface area contributed by atoms with Crippen LogP contribution in [0.1, 0.15) is 19.8 Å². The second kappa shape index (κ2) is 9.08. The van der Waals surface area contributed by atoms with E-state index in [1.54, 1.807) is 13.2 Å². The predicted molar refractivity (Wildman–Crippen MR) is 108 cm³/mol. The summed E-state index contributed by atoms with van der Waals surface area (Å²) >= 11 is 1.43. The fourth-order valence-electron chi connectivity index (χ4n) is 3.19. The third-order valence-electron chi connectivity index (χ3n) is 4.84. The molecular formula is C20H26N4O2S. The van der Waals surface area contributed by atoms with E-state index in [4.69, 9.17) is 4.74 Å². The van der Waals surface area contributed by atoms with E-state index in [-0.39, 0.29) is 5.91 Å². The van der Waals surface area contributed by atoms with E-state index in [1.165, 1.54) is 11.8 Å². The molecule has 0 bridgehead atoms. The van der Waals surface area contributed by atoms with Crippen LogP contribution >= 0.6 is 11.8 Å². The molecule has 3 rings (SSSR count). The topological polar surface area (TPSA) is 60.2 Å². The van der Waals surface area contributed by atoms with Crippen molar-refractivity contribution in [3.8, 4) is 17.1 Å². The summed E-state index contributed by atoms with van der Waals surface area (Å²) in [5, 5.41) is 9.39. The normalized spacial score (nSPS) is 15.0. The highest BCUT2D eigenvalue weighted by Crippen LogP contribution is 2.31. The first kappa shape index (κ1) is 19.5. The average molecular weight is 387 g/mol. The minimum absolute atomic E-state index is 0.166. The van der Waals surface area contributed by atoms with Gasteiger partial charge in [0, 0.05) is 19.6 Å². The van der Waals surface area contributed by atoms with Crippen LogP contribution in [0.25, 0.3) is 11.4 Å². The highest BCUT2D eigenvalue weighted by Gasteiger charge is 2.22. The zero-order valence-corrected chi connectivity index (χ0v) is 16.7.